The maximum absolute atomic E-state index is 11.3. The molecule has 2 aromatic heterocycles. The number of pyridine rings is 1. The van der Waals surface area contributed by atoms with Gasteiger partial charge < -0.3 is 9.88 Å². The molecular weight excluding hydrogens is 204 g/mol. The number of aromatic nitrogens is 3. The van der Waals surface area contributed by atoms with Crippen LogP contribution < -0.4 is 5.32 Å². The van der Waals surface area contributed by atoms with Gasteiger partial charge in [0, 0.05) is 37.4 Å². The van der Waals surface area contributed by atoms with E-state index in [9.17, 15) is 4.79 Å². The zero-order valence-corrected chi connectivity index (χ0v) is 8.92. The van der Waals surface area contributed by atoms with Crippen molar-refractivity contribution in [3.8, 4) is 11.4 Å². The molecule has 0 fully saturated rings. The van der Waals surface area contributed by atoms with Crippen molar-refractivity contribution in [1.29, 1.82) is 0 Å². The van der Waals surface area contributed by atoms with Gasteiger partial charge in [0.25, 0.3) is 0 Å². The second-order valence-electron chi connectivity index (χ2n) is 3.29. The Balaban J connectivity index is 2.29. The normalized spacial score (nSPS) is 10.1. The average Bonchev–Trinajstić information content (AvgIpc) is 2.78. The fourth-order valence-corrected chi connectivity index (χ4v) is 1.43. The highest BCUT2D eigenvalue weighted by Gasteiger charge is 2.08. The number of nitrogens with one attached hydrogen (secondary N) is 1. The van der Waals surface area contributed by atoms with Crippen molar-refractivity contribution in [3.63, 3.8) is 0 Å². The number of carbonyl (C=O) groups is 1. The van der Waals surface area contributed by atoms with Crippen molar-refractivity contribution in [2.24, 2.45) is 0 Å². The number of amides is 1. The van der Waals surface area contributed by atoms with Gasteiger partial charge in [0.2, 0.25) is 5.91 Å². The molecule has 16 heavy (non-hydrogen) atoms. The van der Waals surface area contributed by atoms with Crippen LogP contribution in [0.2, 0.25) is 0 Å². The topological polar surface area (TPSA) is 59.8 Å². The molecule has 1 N–H and O–H groups in total. The fraction of sp³-hybridized carbons (Fsp3) is 0.182. The van der Waals surface area contributed by atoms with E-state index in [1.165, 1.54) is 0 Å². The Hall–Kier alpha value is -2.17. The van der Waals surface area contributed by atoms with Crippen molar-refractivity contribution >= 4 is 5.91 Å². The monoisotopic (exact) mass is 216 g/mol. The Bertz CT molecular complexity index is 478. The van der Waals surface area contributed by atoms with Gasteiger partial charge in [0.05, 0.1) is 0 Å². The van der Waals surface area contributed by atoms with E-state index in [1.807, 2.05) is 12.1 Å². The first-order valence-electron chi connectivity index (χ1n) is 4.93. The number of hydrogen-bond donors (Lipinski definition) is 1. The van der Waals surface area contributed by atoms with Gasteiger partial charge in [-0.2, -0.15) is 0 Å². The van der Waals surface area contributed by atoms with Crippen molar-refractivity contribution in [2.75, 3.05) is 7.05 Å². The summed E-state index contributed by atoms with van der Waals surface area (Å²) in [7, 11) is 1.61. The Morgan fingerprint density at radius 2 is 2.38 bits per heavy atom. The molecule has 0 aliphatic rings. The summed E-state index contributed by atoms with van der Waals surface area (Å²) in [5, 5.41) is 2.58. The second kappa shape index (κ2) is 4.57. The molecule has 0 bridgehead atoms. The van der Waals surface area contributed by atoms with Gasteiger partial charge in [-0.3, -0.25) is 9.78 Å². The molecule has 0 aliphatic heterocycles. The number of imidazole rings is 1. The SMILES string of the molecule is CNC(=O)Cn1ccnc1-c1cccnc1. The summed E-state index contributed by atoms with van der Waals surface area (Å²) < 4.78 is 1.79. The summed E-state index contributed by atoms with van der Waals surface area (Å²) in [5.74, 6) is 0.694. The van der Waals surface area contributed by atoms with Crippen molar-refractivity contribution in [3.05, 3.63) is 36.9 Å². The lowest BCUT2D eigenvalue weighted by Crippen LogP contribution is -2.23. The molecule has 0 saturated carbocycles. The van der Waals surface area contributed by atoms with Crippen LogP contribution in [0, 0.1) is 0 Å². The Labute approximate surface area is 93.2 Å². The molecule has 0 radical (unpaired) electrons. The molecule has 0 aromatic carbocycles. The third kappa shape index (κ3) is 2.08. The molecule has 2 aromatic rings. The van der Waals surface area contributed by atoms with Gasteiger partial charge >= 0.3 is 0 Å². The van der Waals surface area contributed by atoms with Crippen LogP contribution in [-0.2, 0) is 11.3 Å². The molecule has 2 heterocycles. The summed E-state index contributed by atoms with van der Waals surface area (Å²) in [4.78, 5) is 19.5. The molecule has 0 atom stereocenters. The van der Waals surface area contributed by atoms with E-state index in [1.54, 1.807) is 36.4 Å². The van der Waals surface area contributed by atoms with Gasteiger partial charge in [-0.1, -0.05) is 0 Å². The van der Waals surface area contributed by atoms with Gasteiger partial charge in [0.1, 0.15) is 12.4 Å². The van der Waals surface area contributed by atoms with Crippen LogP contribution in [-0.4, -0.2) is 27.5 Å². The Morgan fingerprint density at radius 3 is 3.06 bits per heavy atom. The predicted molar refractivity (Wildman–Crippen MR) is 59.5 cm³/mol. The highest BCUT2D eigenvalue weighted by molar-refractivity contribution is 5.76. The highest BCUT2D eigenvalue weighted by Crippen LogP contribution is 2.15. The number of carbonyl (C=O) groups excluding carboxylic acids is 1. The Kier molecular flexibility index (Phi) is 2.95. The first-order chi connectivity index (χ1) is 7.81. The van der Waals surface area contributed by atoms with Crippen LogP contribution in [0.5, 0.6) is 0 Å². The minimum absolute atomic E-state index is 0.0526. The van der Waals surface area contributed by atoms with E-state index in [4.69, 9.17) is 0 Å². The molecular formula is C11H12N4O. The summed E-state index contributed by atoms with van der Waals surface area (Å²) in [6.07, 6.45) is 6.88. The number of rotatable bonds is 3. The maximum atomic E-state index is 11.3. The average molecular weight is 216 g/mol. The third-order valence-electron chi connectivity index (χ3n) is 2.23. The molecule has 0 spiro atoms. The quantitative estimate of drug-likeness (QED) is 0.821. The molecule has 0 aliphatic carbocycles. The molecule has 82 valence electrons. The summed E-state index contributed by atoms with van der Waals surface area (Å²) in [6, 6.07) is 3.75. The van der Waals surface area contributed by atoms with E-state index < -0.39 is 0 Å². The van der Waals surface area contributed by atoms with E-state index in [0.29, 0.717) is 0 Å². The maximum Gasteiger partial charge on any atom is 0.239 e. The van der Waals surface area contributed by atoms with E-state index in [-0.39, 0.29) is 12.5 Å². The summed E-state index contributed by atoms with van der Waals surface area (Å²) in [6.45, 7) is 0.265. The number of nitrogens with zero attached hydrogens (tertiary/aromatic N) is 3. The lowest BCUT2D eigenvalue weighted by Gasteiger charge is -2.06. The van der Waals surface area contributed by atoms with Crippen molar-refractivity contribution in [2.45, 2.75) is 6.54 Å². The first-order valence-corrected chi connectivity index (χ1v) is 4.93. The zero-order valence-electron chi connectivity index (χ0n) is 8.92. The van der Waals surface area contributed by atoms with E-state index in [2.05, 4.69) is 15.3 Å². The van der Waals surface area contributed by atoms with E-state index >= 15 is 0 Å². The van der Waals surface area contributed by atoms with Gasteiger partial charge in [-0.15, -0.1) is 0 Å². The lowest BCUT2D eigenvalue weighted by atomic mass is 10.3. The lowest BCUT2D eigenvalue weighted by molar-refractivity contribution is -0.121. The largest absolute Gasteiger partial charge is 0.358 e. The minimum Gasteiger partial charge on any atom is -0.358 e. The standard InChI is InChI=1S/C11H12N4O/c1-12-10(16)8-15-6-5-14-11(15)9-3-2-4-13-7-9/h2-7H,8H2,1H3,(H,12,16). The first kappa shape index (κ1) is 10.4. The number of hydrogen-bond acceptors (Lipinski definition) is 3. The van der Waals surface area contributed by atoms with Crippen LogP contribution in [0.25, 0.3) is 11.4 Å². The van der Waals surface area contributed by atoms with Gasteiger partial charge in [-0.25, -0.2) is 4.98 Å². The summed E-state index contributed by atoms with van der Waals surface area (Å²) >= 11 is 0. The number of likely N-dealkylation sites (N-methyl/N-ethyl adjacent to an activating group) is 1. The zero-order chi connectivity index (χ0) is 11.4. The fourth-order valence-electron chi connectivity index (χ4n) is 1.43. The smallest absolute Gasteiger partial charge is 0.239 e. The minimum atomic E-state index is -0.0526. The molecule has 0 unspecified atom stereocenters. The molecule has 2 rings (SSSR count). The van der Waals surface area contributed by atoms with Crippen LogP contribution in [0.3, 0.4) is 0 Å². The summed E-state index contributed by atoms with van der Waals surface area (Å²) in [5.41, 5.74) is 0.899. The molecule has 5 heteroatoms. The predicted octanol–water partition coefficient (Wildman–Crippen LogP) is 0.691. The van der Waals surface area contributed by atoms with E-state index in [0.717, 1.165) is 11.4 Å². The van der Waals surface area contributed by atoms with Crippen molar-refractivity contribution in [1.82, 2.24) is 19.9 Å². The van der Waals surface area contributed by atoms with Crippen LogP contribution in [0.1, 0.15) is 0 Å². The van der Waals surface area contributed by atoms with Crippen LogP contribution >= 0.6 is 0 Å². The molecule has 1 amide bonds. The van der Waals surface area contributed by atoms with Gasteiger partial charge in [0.15, 0.2) is 0 Å². The second-order valence-corrected chi connectivity index (χ2v) is 3.29. The third-order valence-corrected chi connectivity index (χ3v) is 2.23. The van der Waals surface area contributed by atoms with Gasteiger partial charge in [-0.05, 0) is 12.1 Å². The Morgan fingerprint density at radius 1 is 1.50 bits per heavy atom. The molecule has 5 nitrogen and oxygen atoms in total. The van der Waals surface area contributed by atoms with Crippen molar-refractivity contribution < 1.29 is 4.79 Å². The molecule has 0 saturated heterocycles. The van der Waals surface area contributed by atoms with Crippen LogP contribution in [0.4, 0.5) is 0 Å². The highest BCUT2D eigenvalue weighted by atomic mass is 16.1. The van der Waals surface area contributed by atoms with Crippen LogP contribution in [0.15, 0.2) is 36.9 Å².